The first-order valence-electron chi connectivity index (χ1n) is 9.28. The van der Waals surface area contributed by atoms with E-state index in [9.17, 15) is 8.42 Å². The Hall–Kier alpha value is -3.06. The molecule has 0 aliphatic rings. The number of hydrogen-bond donors (Lipinski definition) is 2. The molecule has 0 unspecified atom stereocenters. The minimum atomic E-state index is -3.27. The number of sulfonamides is 1. The fourth-order valence-electron chi connectivity index (χ4n) is 2.10. The molecule has 0 aliphatic heterocycles. The maximum Gasteiger partial charge on any atom is 0.229 e. The fourth-order valence-corrected chi connectivity index (χ4v) is 2.67. The van der Waals surface area contributed by atoms with Crippen molar-refractivity contribution in [2.45, 2.75) is 27.7 Å². The number of nitrogens with one attached hydrogen (secondary N) is 2. The Kier molecular flexibility index (Phi) is 10.3. The SMILES string of the molecule is C/C=C\O/C=C/C(C)=C/Nc1ccc(-c2ccc(NS(C)(=O)=O)cc2)cn1.CC. The highest BCUT2D eigenvalue weighted by Gasteiger charge is 2.03. The lowest BCUT2D eigenvalue weighted by atomic mass is 10.1. The molecule has 2 rings (SSSR count). The van der Waals surface area contributed by atoms with E-state index in [0.717, 1.165) is 28.8 Å². The summed E-state index contributed by atoms with van der Waals surface area (Å²) in [6.07, 6.45) is 11.6. The maximum absolute atomic E-state index is 11.2. The van der Waals surface area contributed by atoms with Gasteiger partial charge in [-0.2, -0.15) is 0 Å². The number of nitrogens with zero attached hydrogens (tertiary/aromatic N) is 1. The van der Waals surface area contributed by atoms with Crippen molar-refractivity contribution >= 4 is 21.5 Å². The van der Waals surface area contributed by atoms with Gasteiger partial charge >= 0.3 is 0 Å². The van der Waals surface area contributed by atoms with Gasteiger partial charge < -0.3 is 10.1 Å². The van der Waals surface area contributed by atoms with Gasteiger partial charge in [0.1, 0.15) is 5.82 Å². The van der Waals surface area contributed by atoms with E-state index in [-0.39, 0.29) is 0 Å². The first-order valence-corrected chi connectivity index (χ1v) is 11.2. The van der Waals surface area contributed by atoms with E-state index in [1.165, 1.54) is 0 Å². The molecule has 2 N–H and O–H groups in total. The number of rotatable bonds is 8. The van der Waals surface area contributed by atoms with Crippen molar-refractivity contribution in [2.75, 3.05) is 16.3 Å². The van der Waals surface area contributed by atoms with Gasteiger partial charge in [-0.05, 0) is 55.3 Å². The number of anilines is 2. The molecule has 0 saturated carbocycles. The Morgan fingerprint density at radius 2 is 1.69 bits per heavy atom. The first kappa shape index (κ1) is 24.0. The predicted octanol–water partition coefficient (Wildman–Crippen LogP) is 5.53. The third-order valence-electron chi connectivity index (χ3n) is 3.36. The highest BCUT2D eigenvalue weighted by Crippen LogP contribution is 2.22. The Morgan fingerprint density at radius 3 is 2.24 bits per heavy atom. The van der Waals surface area contributed by atoms with Crippen molar-refractivity contribution in [3.8, 4) is 11.1 Å². The summed E-state index contributed by atoms with van der Waals surface area (Å²) in [6, 6.07) is 11.0. The largest absolute Gasteiger partial charge is 0.473 e. The molecule has 0 radical (unpaired) electrons. The monoisotopic (exact) mass is 415 g/mol. The summed E-state index contributed by atoms with van der Waals surface area (Å²) in [5.41, 5.74) is 3.40. The van der Waals surface area contributed by atoms with Gasteiger partial charge in [-0.15, -0.1) is 0 Å². The van der Waals surface area contributed by atoms with Crippen molar-refractivity contribution in [2.24, 2.45) is 0 Å². The summed E-state index contributed by atoms with van der Waals surface area (Å²) in [6.45, 7) is 7.83. The molecular formula is C22H29N3O3S. The Labute approximate surface area is 174 Å². The number of hydrogen-bond acceptors (Lipinski definition) is 5. The van der Waals surface area contributed by atoms with Crippen molar-refractivity contribution in [1.29, 1.82) is 0 Å². The molecule has 0 amide bonds. The third kappa shape index (κ3) is 9.62. The quantitative estimate of drug-likeness (QED) is 0.438. The van der Waals surface area contributed by atoms with Crippen LogP contribution in [-0.2, 0) is 14.8 Å². The van der Waals surface area contributed by atoms with Gasteiger partial charge in [-0.3, -0.25) is 4.72 Å². The molecule has 0 saturated heterocycles. The van der Waals surface area contributed by atoms with E-state index in [0.29, 0.717) is 5.69 Å². The van der Waals surface area contributed by atoms with Gasteiger partial charge in [-0.1, -0.05) is 32.1 Å². The highest BCUT2D eigenvalue weighted by molar-refractivity contribution is 7.92. The van der Waals surface area contributed by atoms with Crippen LogP contribution in [0.2, 0.25) is 0 Å². The molecule has 6 nitrogen and oxygen atoms in total. The molecule has 0 atom stereocenters. The van der Waals surface area contributed by atoms with Crippen LogP contribution in [0, 0.1) is 0 Å². The van der Waals surface area contributed by atoms with Crippen LogP contribution >= 0.6 is 0 Å². The van der Waals surface area contributed by atoms with Crippen molar-refractivity contribution in [3.05, 3.63) is 79.0 Å². The van der Waals surface area contributed by atoms with Gasteiger partial charge in [0.05, 0.1) is 18.8 Å². The zero-order chi connectivity index (χ0) is 21.7. The van der Waals surface area contributed by atoms with Crippen LogP contribution in [-0.4, -0.2) is 19.7 Å². The average molecular weight is 416 g/mol. The predicted molar refractivity (Wildman–Crippen MR) is 122 cm³/mol. The molecule has 156 valence electrons. The van der Waals surface area contributed by atoms with Crippen molar-refractivity contribution < 1.29 is 13.2 Å². The second-order valence-corrected chi connectivity index (χ2v) is 7.57. The zero-order valence-corrected chi connectivity index (χ0v) is 18.3. The minimum Gasteiger partial charge on any atom is -0.473 e. The standard InChI is InChI=1S/C20H23N3O3S.C2H6/c1-4-12-26-13-11-16(2)14-21-20-10-7-18(15-22-20)17-5-8-19(9-6-17)23-27(3,24)25;1-2/h4-15,23H,1-3H3,(H,21,22);1-2H3/b12-4-,13-11+,16-14+;. The number of ether oxygens (including phenoxy) is 1. The summed E-state index contributed by atoms with van der Waals surface area (Å²) in [4.78, 5) is 4.38. The number of benzene rings is 1. The van der Waals surface area contributed by atoms with Crippen LogP contribution in [0.5, 0.6) is 0 Å². The molecule has 29 heavy (non-hydrogen) atoms. The van der Waals surface area contributed by atoms with E-state index in [1.807, 2.05) is 70.3 Å². The highest BCUT2D eigenvalue weighted by atomic mass is 32.2. The zero-order valence-electron chi connectivity index (χ0n) is 17.5. The molecule has 1 aromatic carbocycles. The molecule has 0 spiro atoms. The first-order chi connectivity index (χ1) is 13.9. The topological polar surface area (TPSA) is 80.3 Å². The van der Waals surface area contributed by atoms with Crippen LogP contribution in [0.15, 0.2) is 79.0 Å². The summed E-state index contributed by atoms with van der Waals surface area (Å²) in [7, 11) is -3.27. The average Bonchev–Trinajstić information content (AvgIpc) is 2.71. The van der Waals surface area contributed by atoms with E-state index < -0.39 is 10.0 Å². The van der Waals surface area contributed by atoms with Gasteiger partial charge in [0, 0.05) is 23.6 Å². The molecule has 0 aliphatic carbocycles. The Balaban J connectivity index is 0.00000204. The van der Waals surface area contributed by atoms with Gasteiger partial charge in [0.15, 0.2) is 0 Å². The van der Waals surface area contributed by atoms with E-state index in [4.69, 9.17) is 4.74 Å². The molecule has 1 aromatic heterocycles. The van der Waals surface area contributed by atoms with Crippen LogP contribution in [0.4, 0.5) is 11.5 Å². The number of aromatic nitrogens is 1. The van der Waals surface area contributed by atoms with Crippen LogP contribution < -0.4 is 10.0 Å². The molecular weight excluding hydrogens is 386 g/mol. The molecule has 7 heteroatoms. The number of pyridine rings is 1. The Bertz CT molecular complexity index is 930. The minimum absolute atomic E-state index is 0.527. The summed E-state index contributed by atoms with van der Waals surface area (Å²) in [5, 5.41) is 3.12. The summed E-state index contributed by atoms with van der Waals surface area (Å²) < 4.78 is 30.0. The molecule has 2 aromatic rings. The molecule has 0 bridgehead atoms. The van der Waals surface area contributed by atoms with Gasteiger partial charge in [0.2, 0.25) is 10.0 Å². The number of allylic oxidation sites excluding steroid dienone is 3. The van der Waals surface area contributed by atoms with E-state index in [2.05, 4.69) is 15.0 Å². The van der Waals surface area contributed by atoms with Crippen molar-refractivity contribution in [1.82, 2.24) is 4.98 Å². The lowest BCUT2D eigenvalue weighted by Crippen LogP contribution is -2.09. The molecule has 0 fully saturated rings. The van der Waals surface area contributed by atoms with Gasteiger partial charge in [0.25, 0.3) is 0 Å². The lowest BCUT2D eigenvalue weighted by Gasteiger charge is -2.07. The van der Waals surface area contributed by atoms with Crippen LogP contribution in [0.25, 0.3) is 11.1 Å². The smallest absolute Gasteiger partial charge is 0.229 e. The lowest BCUT2D eigenvalue weighted by molar-refractivity contribution is 0.401. The van der Waals surface area contributed by atoms with E-state index in [1.54, 1.807) is 30.9 Å². The fraction of sp³-hybridized carbons (Fsp3) is 0.227. The molecule has 1 heterocycles. The van der Waals surface area contributed by atoms with E-state index >= 15 is 0 Å². The van der Waals surface area contributed by atoms with Crippen LogP contribution in [0.3, 0.4) is 0 Å². The summed E-state index contributed by atoms with van der Waals surface area (Å²) >= 11 is 0. The van der Waals surface area contributed by atoms with Crippen LogP contribution in [0.1, 0.15) is 27.7 Å². The maximum atomic E-state index is 11.2. The van der Waals surface area contributed by atoms with Crippen molar-refractivity contribution in [3.63, 3.8) is 0 Å². The Morgan fingerprint density at radius 1 is 1.03 bits per heavy atom. The summed E-state index contributed by atoms with van der Waals surface area (Å²) in [5.74, 6) is 0.719. The second-order valence-electron chi connectivity index (χ2n) is 5.82. The third-order valence-corrected chi connectivity index (χ3v) is 3.96. The second kappa shape index (κ2) is 12.4. The van der Waals surface area contributed by atoms with Gasteiger partial charge in [-0.25, -0.2) is 13.4 Å². The normalized spacial score (nSPS) is 11.8.